The van der Waals surface area contributed by atoms with E-state index >= 15 is 0 Å². The maximum atomic E-state index is 12.9. The molecule has 1 aromatic carbocycles. The topological polar surface area (TPSA) is 52.6 Å². The van der Waals surface area contributed by atoms with E-state index in [9.17, 15) is 9.59 Å². The van der Waals surface area contributed by atoms with Gasteiger partial charge in [0.05, 0.1) is 12.2 Å². The molecule has 0 saturated heterocycles. The number of hydrogen-bond donors (Lipinski definition) is 0. The number of fused-ring (bicyclic) bond motifs is 5. The first-order valence-corrected chi connectivity index (χ1v) is 22.6. The second kappa shape index (κ2) is 19.0. The minimum absolute atomic E-state index is 0.0134. The molecular formula is C50H74O4. The van der Waals surface area contributed by atoms with Crippen molar-refractivity contribution in [3.63, 3.8) is 0 Å². The molecule has 8 atom stereocenters. The molecule has 0 unspecified atom stereocenters. The van der Waals surface area contributed by atoms with E-state index < -0.39 is 0 Å². The van der Waals surface area contributed by atoms with Gasteiger partial charge in [-0.1, -0.05) is 140 Å². The van der Waals surface area contributed by atoms with Gasteiger partial charge in [0.15, 0.2) is 0 Å². The van der Waals surface area contributed by atoms with E-state index in [1.54, 1.807) is 5.57 Å². The van der Waals surface area contributed by atoms with Gasteiger partial charge < -0.3 is 9.47 Å². The highest BCUT2D eigenvalue weighted by Crippen LogP contribution is 2.67. The van der Waals surface area contributed by atoms with E-state index in [1.165, 1.54) is 82.6 Å². The number of rotatable bonds is 19. The third kappa shape index (κ3) is 9.84. The molecule has 5 aliphatic rings. The van der Waals surface area contributed by atoms with Crippen LogP contribution in [0.25, 0.3) is 0 Å². The van der Waals surface area contributed by atoms with E-state index in [0.29, 0.717) is 35.3 Å². The van der Waals surface area contributed by atoms with E-state index in [1.807, 2.05) is 24.3 Å². The van der Waals surface area contributed by atoms with Crippen LogP contribution in [-0.2, 0) is 14.3 Å². The number of unbranched alkanes of at least 4 members (excludes halogenated alkanes) is 7. The van der Waals surface area contributed by atoms with Gasteiger partial charge in [0.1, 0.15) is 6.10 Å². The van der Waals surface area contributed by atoms with Crippen molar-refractivity contribution < 1.29 is 19.1 Å². The van der Waals surface area contributed by atoms with E-state index in [0.717, 1.165) is 80.5 Å². The number of ether oxygens (including phenoxy) is 2. The number of allylic oxidation sites excluding steroid dienone is 5. The second-order valence-electron chi connectivity index (χ2n) is 19.3. The van der Waals surface area contributed by atoms with Gasteiger partial charge in [-0.05, 0) is 122 Å². The van der Waals surface area contributed by atoms with Crippen LogP contribution in [0.3, 0.4) is 0 Å². The molecule has 3 saturated carbocycles. The summed E-state index contributed by atoms with van der Waals surface area (Å²) in [6, 6.07) is 7.77. The summed E-state index contributed by atoms with van der Waals surface area (Å²) in [7, 11) is 0. The first kappa shape index (κ1) is 41.0. The lowest BCUT2D eigenvalue weighted by atomic mass is 9.47. The third-order valence-electron chi connectivity index (χ3n) is 15.3. The highest BCUT2D eigenvalue weighted by molar-refractivity contribution is 5.89. The Hall–Kier alpha value is -2.62. The molecule has 0 aromatic heterocycles. The SMILES string of the molecule is CC(C)CCC[C@@H](C)[C@H]1CC[C@H]2[C@@H]3CC=C4C[C@@H](OC(=O)CCCCCCCCCCOC(=O)c5ccc(C6C=CC=C6)cc5)CC[C@]4(C)[C@H]3CC[C@]12C. The largest absolute Gasteiger partial charge is 0.462 e. The zero-order chi connectivity index (χ0) is 38.1. The van der Waals surface area contributed by atoms with Crippen LogP contribution in [0.1, 0.15) is 185 Å². The molecule has 0 aliphatic heterocycles. The number of esters is 2. The summed E-state index contributed by atoms with van der Waals surface area (Å²) in [5, 5.41) is 0. The Morgan fingerprint density at radius 1 is 0.778 bits per heavy atom. The summed E-state index contributed by atoms with van der Waals surface area (Å²) in [4.78, 5) is 25.3. The van der Waals surface area contributed by atoms with E-state index in [-0.39, 0.29) is 18.0 Å². The van der Waals surface area contributed by atoms with Crippen molar-refractivity contribution in [1.82, 2.24) is 0 Å². The molecule has 0 bridgehead atoms. The zero-order valence-electron chi connectivity index (χ0n) is 34.8. The molecule has 4 nitrogen and oxygen atoms in total. The highest BCUT2D eigenvalue weighted by atomic mass is 16.5. The van der Waals surface area contributed by atoms with Gasteiger partial charge in [-0.3, -0.25) is 4.79 Å². The summed E-state index contributed by atoms with van der Waals surface area (Å²) in [5.41, 5.74) is 4.27. The highest BCUT2D eigenvalue weighted by Gasteiger charge is 2.59. The van der Waals surface area contributed by atoms with Crippen LogP contribution in [-0.4, -0.2) is 24.6 Å². The van der Waals surface area contributed by atoms with Gasteiger partial charge in [-0.15, -0.1) is 0 Å². The molecule has 0 heterocycles. The van der Waals surface area contributed by atoms with Crippen molar-refractivity contribution in [1.29, 1.82) is 0 Å². The monoisotopic (exact) mass is 739 g/mol. The fourth-order valence-electron chi connectivity index (χ4n) is 12.2. The fraction of sp³-hybridized carbons (Fsp3) is 0.720. The number of carbonyl (C=O) groups is 2. The summed E-state index contributed by atoms with van der Waals surface area (Å²) in [5.74, 6) is 5.24. The van der Waals surface area contributed by atoms with Crippen LogP contribution in [0, 0.1) is 46.3 Å². The van der Waals surface area contributed by atoms with Crippen molar-refractivity contribution in [2.24, 2.45) is 46.3 Å². The Morgan fingerprint density at radius 2 is 1.48 bits per heavy atom. The van der Waals surface area contributed by atoms with Crippen LogP contribution in [0.4, 0.5) is 0 Å². The summed E-state index contributed by atoms with van der Waals surface area (Å²) >= 11 is 0. The Kier molecular flexibility index (Phi) is 14.4. The van der Waals surface area contributed by atoms with E-state index in [2.05, 4.69) is 65.0 Å². The molecule has 0 radical (unpaired) electrons. The molecule has 3 fully saturated rings. The standard InChI is InChI=1S/C50H74O4/c1-36(2)17-16-18-37(3)44-28-29-45-43-27-26-41-35-42(30-32-49(41,4)46(43)31-33-50(44,45)5)54-47(51)21-12-10-8-6-7-9-11-15-34-53-48(52)40-24-22-39(23-25-40)38-19-13-14-20-38/h13-14,19-20,22-26,36-38,42-46H,6-12,15-18,21,27-35H2,1-5H3/t37-,42+,43+,44-,45+,46+,49+,50-/m1/s1. The smallest absolute Gasteiger partial charge is 0.338 e. The minimum atomic E-state index is -0.231. The molecule has 5 aliphatic carbocycles. The van der Waals surface area contributed by atoms with Gasteiger partial charge in [0, 0.05) is 18.8 Å². The summed E-state index contributed by atoms with van der Waals surface area (Å²) in [6.45, 7) is 13.1. The molecule has 0 spiro atoms. The van der Waals surface area contributed by atoms with E-state index in [4.69, 9.17) is 9.47 Å². The maximum Gasteiger partial charge on any atom is 0.338 e. The first-order valence-electron chi connectivity index (χ1n) is 22.6. The molecule has 0 amide bonds. The zero-order valence-corrected chi connectivity index (χ0v) is 34.8. The molecule has 298 valence electrons. The molecule has 0 N–H and O–H groups in total. The molecule has 4 heteroatoms. The van der Waals surface area contributed by atoms with Crippen LogP contribution >= 0.6 is 0 Å². The van der Waals surface area contributed by atoms with Gasteiger partial charge in [0.2, 0.25) is 0 Å². The van der Waals surface area contributed by atoms with Crippen LogP contribution in [0.15, 0.2) is 60.2 Å². The lowest BCUT2D eigenvalue weighted by molar-refractivity contribution is -0.151. The Bertz CT molecular complexity index is 1460. The fourth-order valence-corrected chi connectivity index (χ4v) is 12.2. The summed E-state index contributed by atoms with van der Waals surface area (Å²) in [6.07, 6.45) is 34.7. The van der Waals surface area contributed by atoms with Gasteiger partial charge in [0.25, 0.3) is 0 Å². The van der Waals surface area contributed by atoms with Crippen LogP contribution in [0.2, 0.25) is 0 Å². The Balaban J connectivity index is 0.818. The number of hydrogen-bond acceptors (Lipinski definition) is 4. The molecule has 1 aromatic rings. The quantitative estimate of drug-likeness (QED) is 0.0805. The maximum absolute atomic E-state index is 12.9. The predicted molar refractivity (Wildman–Crippen MR) is 222 cm³/mol. The van der Waals surface area contributed by atoms with Crippen molar-refractivity contribution in [3.8, 4) is 0 Å². The predicted octanol–water partition coefficient (Wildman–Crippen LogP) is 13.5. The Labute approximate surface area is 329 Å². The molecular weight excluding hydrogens is 665 g/mol. The second-order valence-corrected chi connectivity index (χ2v) is 19.3. The van der Waals surface area contributed by atoms with Gasteiger partial charge >= 0.3 is 11.9 Å². The van der Waals surface area contributed by atoms with Crippen molar-refractivity contribution >= 4 is 11.9 Å². The average molecular weight is 739 g/mol. The average Bonchev–Trinajstić information content (AvgIpc) is 3.82. The van der Waals surface area contributed by atoms with Crippen LogP contribution in [0.5, 0.6) is 0 Å². The first-order chi connectivity index (χ1) is 26.1. The molecule has 6 rings (SSSR count). The number of carbonyl (C=O) groups excluding carboxylic acids is 2. The van der Waals surface area contributed by atoms with Gasteiger partial charge in [-0.25, -0.2) is 4.79 Å². The van der Waals surface area contributed by atoms with Gasteiger partial charge in [-0.2, -0.15) is 0 Å². The minimum Gasteiger partial charge on any atom is -0.462 e. The lowest BCUT2D eigenvalue weighted by Crippen LogP contribution is -2.51. The third-order valence-corrected chi connectivity index (χ3v) is 15.3. The normalized spacial score (nSPS) is 30.8. The van der Waals surface area contributed by atoms with Crippen molar-refractivity contribution in [3.05, 3.63) is 71.3 Å². The lowest BCUT2D eigenvalue weighted by Gasteiger charge is -2.58. The van der Waals surface area contributed by atoms with Crippen molar-refractivity contribution in [2.75, 3.05) is 6.61 Å². The number of benzene rings is 1. The van der Waals surface area contributed by atoms with Crippen LogP contribution < -0.4 is 0 Å². The van der Waals surface area contributed by atoms with Crippen molar-refractivity contribution in [2.45, 2.75) is 175 Å². The Morgan fingerprint density at radius 3 is 2.20 bits per heavy atom. The molecule has 54 heavy (non-hydrogen) atoms. The summed E-state index contributed by atoms with van der Waals surface area (Å²) < 4.78 is 11.6.